The van der Waals surface area contributed by atoms with Gasteiger partial charge in [-0.3, -0.25) is 0 Å². The molecule has 1 N–H and O–H groups in total. The van der Waals surface area contributed by atoms with E-state index in [1.807, 2.05) is 35.9 Å². The van der Waals surface area contributed by atoms with E-state index in [0.717, 1.165) is 17.0 Å². The zero-order valence-corrected chi connectivity index (χ0v) is 16.2. The lowest BCUT2D eigenvalue weighted by Crippen LogP contribution is -2.06. The van der Waals surface area contributed by atoms with Gasteiger partial charge < -0.3 is 14.6 Å². The minimum Gasteiger partial charge on any atom is -0.479 e. The van der Waals surface area contributed by atoms with Crippen LogP contribution in [0.1, 0.15) is 5.69 Å². The molecular formula is C21H21FN6O. The molecule has 8 heteroatoms. The lowest BCUT2D eigenvalue weighted by molar-refractivity contribution is 0.396. The van der Waals surface area contributed by atoms with E-state index < -0.39 is 0 Å². The Morgan fingerprint density at radius 3 is 2.69 bits per heavy atom. The first-order chi connectivity index (χ1) is 14.1. The van der Waals surface area contributed by atoms with Crippen molar-refractivity contribution in [3.63, 3.8) is 0 Å². The third kappa shape index (κ3) is 4.92. The molecular weight excluding hydrogens is 371 g/mol. The van der Waals surface area contributed by atoms with Gasteiger partial charge in [0.25, 0.3) is 0 Å². The van der Waals surface area contributed by atoms with Crippen LogP contribution >= 0.6 is 0 Å². The molecule has 3 aromatic rings. The van der Waals surface area contributed by atoms with Crippen molar-refractivity contribution in [2.24, 2.45) is 0 Å². The third-order valence-electron chi connectivity index (χ3n) is 4.07. The van der Waals surface area contributed by atoms with Gasteiger partial charge in [-0.15, -0.1) is 10.2 Å². The maximum absolute atomic E-state index is 12.1. The van der Waals surface area contributed by atoms with E-state index >= 15 is 0 Å². The van der Waals surface area contributed by atoms with Gasteiger partial charge in [0.15, 0.2) is 0 Å². The van der Waals surface area contributed by atoms with Crippen molar-refractivity contribution in [2.45, 2.75) is 6.92 Å². The molecule has 29 heavy (non-hydrogen) atoms. The fourth-order valence-electron chi connectivity index (χ4n) is 2.59. The van der Waals surface area contributed by atoms with Crippen LogP contribution in [0, 0.1) is 6.92 Å². The van der Waals surface area contributed by atoms with Gasteiger partial charge in [-0.2, -0.15) is 0 Å². The molecule has 0 spiro atoms. The first-order valence-corrected chi connectivity index (χ1v) is 8.87. The lowest BCUT2D eigenvalue weighted by atomic mass is 10.2. The van der Waals surface area contributed by atoms with E-state index in [9.17, 15) is 4.39 Å². The number of nitrogens with one attached hydrogen (secondary N) is 1. The molecule has 3 heterocycles. The van der Waals surface area contributed by atoms with Gasteiger partial charge >= 0.3 is 0 Å². The van der Waals surface area contributed by atoms with E-state index in [-0.39, 0.29) is 0 Å². The molecule has 0 aliphatic rings. The summed E-state index contributed by atoms with van der Waals surface area (Å²) in [5, 5.41) is 11.5. The third-order valence-corrected chi connectivity index (χ3v) is 4.07. The van der Waals surface area contributed by atoms with E-state index in [2.05, 4.69) is 32.1 Å². The van der Waals surface area contributed by atoms with E-state index in [4.69, 9.17) is 4.74 Å². The Morgan fingerprint density at radius 2 is 2.07 bits per heavy atom. The van der Waals surface area contributed by atoms with Crippen LogP contribution in [0.25, 0.3) is 17.1 Å². The summed E-state index contributed by atoms with van der Waals surface area (Å²) in [4.78, 5) is 8.77. The van der Waals surface area contributed by atoms with Gasteiger partial charge in [0, 0.05) is 12.7 Å². The fourth-order valence-corrected chi connectivity index (χ4v) is 2.59. The summed E-state index contributed by atoms with van der Waals surface area (Å²) in [6.45, 7) is 6.07. The van der Waals surface area contributed by atoms with Crippen molar-refractivity contribution >= 4 is 5.82 Å². The maximum atomic E-state index is 12.1. The number of anilines is 1. The van der Waals surface area contributed by atoms with E-state index in [0.29, 0.717) is 36.0 Å². The molecule has 0 aromatic carbocycles. The molecule has 0 radical (unpaired) electrons. The number of aryl methyl sites for hydroxylation is 1. The van der Waals surface area contributed by atoms with Crippen LogP contribution < -0.4 is 10.1 Å². The Balaban J connectivity index is 1.76. The largest absolute Gasteiger partial charge is 0.479 e. The van der Waals surface area contributed by atoms with Crippen molar-refractivity contribution in [3.05, 3.63) is 79.2 Å². The monoisotopic (exact) mass is 392 g/mol. The van der Waals surface area contributed by atoms with Crippen LogP contribution in [0.2, 0.25) is 0 Å². The number of pyridine rings is 1. The van der Waals surface area contributed by atoms with Crippen molar-refractivity contribution in [1.29, 1.82) is 0 Å². The zero-order chi connectivity index (χ0) is 20.6. The molecule has 7 nitrogen and oxygen atoms in total. The Bertz CT molecular complexity index is 1040. The average Bonchev–Trinajstić information content (AvgIpc) is 3.20. The molecule has 0 aliphatic heterocycles. The maximum Gasteiger partial charge on any atom is 0.238 e. The van der Waals surface area contributed by atoms with Crippen molar-refractivity contribution in [2.75, 3.05) is 19.0 Å². The average molecular weight is 392 g/mol. The molecule has 0 amide bonds. The number of hydrogen-bond acceptors (Lipinski definition) is 6. The predicted molar refractivity (Wildman–Crippen MR) is 111 cm³/mol. The summed E-state index contributed by atoms with van der Waals surface area (Å²) in [6, 6.07) is 7.37. The van der Waals surface area contributed by atoms with Crippen molar-refractivity contribution < 1.29 is 9.13 Å². The number of halogens is 1. The van der Waals surface area contributed by atoms with Gasteiger partial charge in [0.05, 0.1) is 31.2 Å². The molecule has 0 unspecified atom stereocenters. The first kappa shape index (κ1) is 19.9. The van der Waals surface area contributed by atoms with Crippen LogP contribution in [-0.4, -0.2) is 38.4 Å². The number of hydrogen-bond donors (Lipinski definition) is 1. The second kappa shape index (κ2) is 9.41. The molecule has 3 aromatic heterocycles. The highest BCUT2D eigenvalue weighted by atomic mass is 19.1. The van der Waals surface area contributed by atoms with Gasteiger partial charge in [0.2, 0.25) is 5.88 Å². The minimum atomic E-state index is 0.451. The lowest BCUT2D eigenvalue weighted by Gasteiger charge is -2.10. The predicted octanol–water partition coefficient (Wildman–Crippen LogP) is 4.05. The molecule has 148 valence electrons. The minimum absolute atomic E-state index is 0.451. The number of rotatable bonds is 8. The van der Waals surface area contributed by atoms with Crippen LogP contribution in [0.15, 0.2) is 73.5 Å². The molecule has 0 atom stereocenters. The number of methoxy groups -OCH3 is 1. The summed E-state index contributed by atoms with van der Waals surface area (Å²) >= 11 is 0. The normalized spacial score (nSPS) is 11.6. The van der Waals surface area contributed by atoms with Gasteiger partial charge in [-0.1, -0.05) is 18.7 Å². The van der Waals surface area contributed by atoms with Crippen LogP contribution in [-0.2, 0) is 0 Å². The molecule has 0 aliphatic carbocycles. The number of aromatic nitrogens is 5. The van der Waals surface area contributed by atoms with Crippen LogP contribution in [0.4, 0.5) is 10.2 Å². The summed E-state index contributed by atoms with van der Waals surface area (Å²) in [5.74, 6) is 1.05. The molecule has 3 rings (SSSR count). The molecule has 0 saturated carbocycles. The second-order valence-corrected chi connectivity index (χ2v) is 6.07. The quantitative estimate of drug-likeness (QED) is 0.583. The fraction of sp³-hybridized carbons (Fsp3) is 0.143. The molecule has 0 fully saturated rings. The zero-order valence-electron chi connectivity index (χ0n) is 16.2. The van der Waals surface area contributed by atoms with Gasteiger partial charge in [-0.05, 0) is 42.8 Å². The molecule has 0 bridgehead atoms. The van der Waals surface area contributed by atoms with Crippen molar-refractivity contribution in [3.8, 4) is 23.0 Å². The Kier molecular flexibility index (Phi) is 6.47. The summed E-state index contributed by atoms with van der Waals surface area (Å²) in [7, 11) is 1.57. The van der Waals surface area contributed by atoms with Crippen molar-refractivity contribution in [1.82, 2.24) is 24.7 Å². The number of ether oxygens (including phenoxy) is 1. The van der Waals surface area contributed by atoms with Gasteiger partial charge in [-0.25, -0.2) is 14.4 Å². The summed E-state index contributed by atoms with van der Waals surface area (Å²) in [5.41, 5.74) is 3.76. The topological polar surface area (TPSA) is 77.8 Å². The summed E-state index contributed by atoms with van der Waals surface area (Å²) < 4.78 is 19.4. The second-order valence-electron chi connectivity index (χ2n) is 6.07. The Labute approximate surface area is 168 Å². The van der Waals surface area contributed by atoms with Crippen LogP contribution in [0.5, 0.6) is 5.88 Å². The highest BCUT2D eigenvalue weighted by molar-refractivity contribution is 5.59. The molecule has 0 saturated heterocycles. The van der Waals surface area contributed by atoms with Gasteiger partial charge in [0.1, 0.15) is 17.2 Å². The van der Waals surface area contributed by atoms with Crippen LogP contribution in [0.3, 0.4) is 0 Å². The SMILES string of the molecule is C=C/C(=C\C=C\F)CNc1ccc(-c2ccc(-n3cnc(C)c3)c(OC)n2)nn1. The highest BCUT2D eigenvalue weighted by Crippen LogP contribution is 2.25. The Hall–Kier alpha value is -3.81. The highest BCUT2D eigenvalue weighted by Gasteiger charge is 2.11. The summed E-state index contributed by atoms with van der Waals surface area (Å²) in [6.07, 6.45) is 8.66. The standard InChI is InChI=1S/C21H21FN6O/c1-4-16(6-5-11-22)12-23-20-10-8-18(26-27-20)17-7-9-19(21(25-17)29-3)28-13-15(2)24-14-28/h4-11,13-14H,1,12H2,2-3H3,(H,23,27)/b11-5+,16-6+. The number of allylic oxidation sites excluding steroid dienone is 2. The van der Waals surface area contributed by atoms with E-state index in [1.165, 1.54) is 6.08 Å². The van der Waals surface area contributed by atoms with E-state index in [1.54, 1.807) is 31.7 Å². The number of nitrogens with zero attached hydrogens (tertiary/aromatic N) is 5. The first-order valence-electron chi connectivity index (χ1n) is 8.87. The number of imidazole rings is 1. The smallest absolute Gasteiger partial charge is 0.238 e. The Morgan fingerprint density at radius 1 is 1.24 bits per heavy atom.